The van der Waals surface area contributed by atoms with Gasteiger partial charge in [-0.25, -0.2) is 4.98 Å². The summed E-state index contributed by atoms with van der Waals surface area (Å²) in [4.78, 5) is 6.97. The van der Waals surface area contributed by atoms with Crippen molar-refractivity contribution in [2.24, 2.45) is 5.92 Å². The highest BCUT2D eigenvalue weighted by Crippen LogP contribution is 2.24. The van der Waals surface area contributed by atoms with Crippen LogP contribution in [0.4, 0.5) is 5.95 Å². The van der Waals surface area contributed by atoms with E-state index in [4.69, 9.17) is 0 Å². The maximum Gasteiger partial charge on any atom is 0.203 e. The maximum atomic E-state index is 4.59. The molecule has 4 nitrogen and oxygen atoms in total. The number of aryl methyl sites for hydroxylation is 1. The molecule has 0 saturated carbocycles. The molecular weight excluding hydrogens is 212 g/mol. The van der Waals surface area contributed by atoms with Crippen molar-refractivity contribution in [3.8, 4) is 0 Å². The molecule has 2 heterocycles. The average molecular weight is 236 g/mol. The second-order valence-corrected chi connectivity index (χ2v) is 5.59. The van der Waals surface area contributed by atoms with Crippen LogP contribution < -0.4 is 5.32 Å². The molecule has 1 unspecified atom stereocenters. The van der Waals surface area contributed by atoms with Gasteiger partial charge in [-0.3, -0.25) is 0 Å². The Morgan fingerprint density at radius 3 is 2.88 bits per heavy atom. The van der Waals surface area contributed by atoms with Gasteiger partial charge in [0.1, 0.15) is 0 Å². The molecule has 96 valence electrons. The highest BCUT2D eigenvalue weighted by Gasteiger charge is 2.23. The molecule has 4 heteroatoms. The summed E-state index contributed by atoms with van der Waals surface area (Å²) in [6, 6.07) is 0.580. The quantitative estimate of drug-likeness (QED) is 0.869. The number of likely N-dealkylation sites (N-methyl/N-ethyl adjacent to an activating group) is 1. The molecule has 17 heavy (non-hydrogen) atoms. The van der Waals surface area contributed by atoms with Crippen molar-refractivity contribution in [3.63, 3.8) is 0 Å². The van der Waals surface area contributed by atoms with Crippen molar-refractivity contribution in [1.29, 1.82) is 0 Å². The third-order valence-corrected chi connectivity index (χ3v) is 3.28. The van der Waals surface area contributed by atoms with Crippen LogP contribution in [0.2, 0.25) is 0 Å². The third-order valence-electron chi connectivity index (χ3n) is 3.28. The molecular formula is C13H24N4. The van der Waals surface area contributed by atoms with E-state index in [-0.39, 0.29) is 0 Å². The molecule has 1 aliphatic rings. The van der Waals surface area contributed by atoms with Crippen LogP contribution in [0.1, 0.15) is 32.0 Å². The molecule has 0 aromatic carbocycles. The van der Waals surface area contributed by atoms with E-state index in [9.17, 15) is 0 Å². The van der Waals surface area contributed by atoms with E-state index in [2.05, 4.69) is 53.8 Å². The molecule has 1 N–H and O–H groups in total. The predicted molar refractivity (Wildman–Crippen MR) is 71.4 cm³/mol. The van der Waals surface area contributed by atoms with Crippen LogP contribution in [0.3, 0.4) is 0 Å². The molecule has 1 saturated heterocycles. The molecule has 0 amide bonds. The molecule has 1 aromatic rings. The first-order chi connectivity index (χ1) is 8.06. The summed E-state index contributed by atoms with van der Waals surface area (Å²) in [7, 11) is 2.19. The molecule has 1 atom stereocenters. The summed E-state index contributed by atoms with van der Waals surface area (Å²) >= 11 is 0. The van der Waals surface area contributed by atoms with Crippen molar-refractivity contribution in [2.75, 3.05) is 32.0 Å². The zero-order valence-corrected chi connectivity index (χ0v) is 11.4. The van der Waals surface area contributed by atoms with Gasteiger partial charge in [-0.15, -0.1) is 0 Å². The summed E-state index contributed by atoms with van der Waals surface area (Å²) in [6.07, 6.45) is 3.40. The Balaban J connectivity index is 2.10. The van der Waals surface area contributed by atoms with Gasteiger partial charge in [0.05, 0.1) is 11.7 Å². The van der Waals surface area contributed by atoms with Crippen LogP contribution in [0, 0.1) is 12.8 Å². The number of likely N-dealkylation sites (tertiary alicyclic amines) is 1. The number of nitrogens with one attached hydrogen (secondary N) is 1. The number of imidazole rings is 1. The Bertz CT molecular complexity index is 369. The van der Waals surface area contributed by atoms with E-state index in [0.717, 1.165) is 24.7 Å². The summed E-state index contributed by atoms with van der Waals surface area (Å²) < 4.78 is 2.32. The van der Waals surface area contributed by atoms with Crippen molar-refractivity contribution >= 4 is 5.95 Å². The van der Waals surface area contributed by atoms with Gasteiger partial charge in [-0.2, -0.15) is 0 Å². The number of anilines is 1. The van der Waals surface area contributed by atoms with Gasteiger partial charge in [-0.1, -0.05) is 13.8 Å². The first kappa shape index (κ1) is 12.4. The topological polar surface area (TPSA) is 33.1 Å². The molecule has 1 aromatic heterocycles. The van der Waals surface area contributed by atoms with Crippen LogP contribution in [0.5, 0.6) is 0 Å². The van der Waals surface area contributed by atoms with E-state index in [1.54, 1.807) is 0 Å². The third kappa shape index (κ3) is 3.00. The second-order valence-electron chi connectivity index (χ2n) is 5.59. The molecule has 0 spiro atoms. The number of hydrogen-bond donors (Lipinski definition) is 1. The minimum Gasteiger partial charge on any atom is -0.355 e. The summed E-state index contributed by atoms with van der Waals surface area (Å²) in [5.41, 5.74) is 1.10. The SMILES string of the molecule is Cc1cn(C2CCN(C)C2)c(NCC(C)C)n1. The highest BCUT2D eigenvalue weighted by atomic mass is 15.3. The number of hydrogen-bond acceptors (Lipinski definition) is 3. The Morgan fingerprint density at radius 1 is 1.53 bits per heavy atom. The molecule has 0 radical (unpaired) electrons. The Labute approximate surface area is 104 Å². The van der Waals surface area contributed by atoms with E-state index in [1.807, 2.05) is 0 Å². The maximum absolute atomic E-state index is 4.59. The number of aromatic nitrogens is 2. The van der Waals surface area contributed by atoms with E-state index < -0.39 is 0 Å². The lowest BCUT2D eigenvalue weighted by molar-refractivity contribution is 0.393. The van der Waals surface area contributed by atoms with Gasteiger partial charge in [0.25, 0.3) is 0 Å². The van der Waals surface area contributed by atoms with Crippen LogP contribution in [0.25, 0.3) is 0 Å². The van der Waals surface area contributed by atoms with Crippen molar-refractivity contribution in [3.05, 3.63) is 11.9 Å². The predicted octanol–water partition coefficient (Wildman–Crippen LogP) is 2.14. The summed E-state index contributed by atoms with van der Waals surface area (Å²) in [5, 5.41) is 3.46. The van der Waals surface area contributed by atoms with Crippen LogP contribution >= 0.6 is 0 Å². The van der Waals surface area contributed by atoms with E-state index in [1.165, 1.54) is 13.0 Å². The smallest absolute Gasteiger partial charge is 0.203 e. The average Bonchev–Trinajstić information content (AvgIpc) is 2.81. The lowest BCUT2D eigenvalue weighted by atomic mass is 10.2. The van der Waals surface area contributed by atoms with Gasteiger partial charge in [0, 0.05) is 19.3 Å². The van der Waals surface area contributed by atoms with Crippen molar-refractivity contribution < 1.29 is 0 Å². The summed E-state index contributed by atoms with van der Waals surface area (Å²) in [5.74, 6) is 1.68. The zero-order chi connectivity index (χ0) is 12.4. The van der Waals surface area contributed by atoms with E-state index in [0.29, 0.717) is 12.0 Å². The minimum atomic E-state index is 0.580. The molecule has 1 aliphatic heterocycles. The fraction of sp³-hybridized carbons (Fsp3) is 0.769. The Morgan fingerprint density at radius 2 is 2.29 bits per heavy atom. The van der Waals surface area contributed by atoms with Gasteiger partial charge in [0.15, 0.2) is 0 Å². The van der Waals surface area contributed by atoms with Crippen LogP contribution in [0.15, 0.2) is 6.20 Å². The Hall–Kier alpha value is -1.03. The van der Waals surface area contributed by atoms with Crippen LogP contribution in [-0.2, 0) is 0 Å². The van der Waals surface area contributed by atoms with Gasteiger partial charge < -0.3 is 14.8 Å². The second kappa shape index (κ2) is 5.08. The molecule has 0 aliphatic carbocycles. The van der Waals surface area contributed by atoms with Crippen molar-refractivity contribution in [2.45, 2.75) is 33.2 Å². The Kier molecular flexibility index (Phi) is 3.72. The molecule has 2 rings (SSSR count). The number of nitrogens with zero attached hydrogens (tertiary/aromatic N) is 3. The van der Waals surface area contributed by atoms with E-state index >= 15 is 0 Å². The van der Waals surface area contributed by atoms with Crippen molar-refractivity contribution in [1.82, 2.24) is 14.5 Å². The number of rotatable bonds is 4. The first-order valence-electron chi connectivity index (χ1n) is 6.54. The largest absolute Gasteiger partial charge is 0.355 e. The molecule has 1 fully saturated rings. The monoisotopic (exact) mass is 236 g/mol. The zero-order valence-electron chi connectivity index (χ0n) is 11.4. The standard InChI is InChI=1S/C13H24N4/c1-10(2)7-14-13-15-11(3)8-17(13)12-5-6-16(4)9-12/h8,10,12H,5-7,9H2,1-4H3,(H,14,15). The lowest BCUT2D eigenvalue weighted by Gasteiger charge is -2.16. The minimum absolute atomic E-state index is 0.580. The fourth-order valence-electron chi connectivity index (χ4n) is 2.36. The summed E-state index contributed by atoms with van der Waals surface area (Å²) in [6.45, 7) is 9.80. The first-order valence-corrected chi connectivity index (χ1v) is 6.54. The highest BCUT2D eigenvalue weighted by molar-refractivity contribution is 5.30. The van der Waals surface area contributed by atoms with Gasteiger partial charge in [-0.05, 0) is 32.9 Å². The van der Waals surface area contributed by atoms with Gasteiger partial charge >= 0.3 is 0 Å². The van der Waals surface area contributed by atoms with Crippen LogP contribution in [-0.4, -0.2) is 41.1 Å². The molecule has 0 bridgehead atoms. The normalized spacial score (nSPS) is 21.4. The lowest BCUT2D eigenvalue weighted by Crippen LogP contribution is -2.19. The van der Waals surface area contributed by atoms with Gasteiger partial charge in [0.2, 0.25) is 5.95 Å². The fourth-order valence-corrected chi connectivity index (χ4v) is 2.36.